The van der Waals surface area contributed by atoms with Crippen LogP contribution in [0.15, 0.2) is 30.3 Å². The van der Waals surface area contributed by atoms with Crippen LogP contribution in [0, 0.1) is 0 Å². The highest BCUT2D eigenvalue weighted by Gasteiger charge is 2.26. The summed E-state index contributed by atoms with van der Waals surface area (Å²) in [6, 6.07) is 9.66. The number of fused-ring (bicyclic) bond motifs is 1. The summed E-state index contributed by atoms with van der Waals surface area (Å²) in [5.74, 6) is 0.870. The standard InChI is InChI=1S/C16H20N4O/c1-10(2)13-9-14(20-19-13)18-16(21)15-12-6-4-3-5-11(12)7-8-17-15/h3-6,9-10,15,17H,7-8H2,1-2H3,(H2,18,19,20,21). The summed E-state index contributed by atoms with van der Waals surface area (Å²) in [6.45, 7) is 4.98. The first-order valence-corrected chi connectivity index (χ1v) is 7.32. The zero-order chi connectivity index (χ0) is 14.8. The number of H-pyrrole nitrogens is 1. The van der Waals surface area contributed by atoms with E-state index in [0.717, 1.165) is 24.2 Å². The van der Waals surface area contributed by atoms with Crippen molar-refractivity contribution in [1.29, 1.82) is 0 Å². The van der Waals surface area contributed by atoms with Crippen LogP contribution in [0.4, 0.5) is 5.82 Å². The van der Waals surface area contributed by atoms with Crippen molar-refractivity contribution < 1.29 is 4.79 Å². The smallest absolute Gasteiger partial charge is 0.247 e. The summed E-state index contributed by atoms with van der Waals surface area (Å²) in [7, 11) is 0. The fraction of sp³-hybridized carbons (Fsp3) is 0.375. The lowest BCUT2D eigenvalue weighted by atomic mass is 9.94. The number of aromatic nitrogens is 2. The zero-order valence-electron chi connectivity index (χ0n) is 12.3. The van der Waals surface area contributed by atoms with E-state index in [1.54, 1.807) is 0 Å². The lowest BCUT2D eigenvalue weighted by Crippen LogP contribution is -2.38. The number of nitrogens with zero attached hydrogens (tertiary/aromatic N) is 1. The number of hydrogen-bond acceptors (Lipinski definition) is 3. The van der Waals surface area contributed by atoms with Gasteiger partial charge >= 0.3 is 0 Å². The molecule has 1 aromatic carbocycles. The van der Waals surface area contributed by atoms with E-state index in [9.17, 15) is 4.79 Å². The number of aromatic amines is 1. The molecular weight excluding hydrogens is 264 g/mol. The van der Waals surface area contributed by atoms with Gasteiger partial charge in [-0.2, -0.15) is 5.10 Å². The van der Waals surface area contributed by atoms with Crippen LogP contribution in [-0.2, 0) is 11.2 Å². The molecule has 5 nitrogen and oxygen atoms in total. The Kier molecular flexibility index (Phi) is 3.75. The third-order valence-electron chi connectivity index (χ3n) is 3.84. The molecule has 0 bridgehead atoms. The van der Waals surface area contributed by atoms with E-state index in [1.807, 2.05) is 24.3 Å². The van der Waals surface area contributed by atoms with Gasteiger partial charge in [0.05, 0.1) is 0 Å². The third kappa shape index (κ3) is 2.83. The molecule has 1 aliphatic rings. The molecule has 5 heteroatoms. The van der Waals surface area contributed by atoms with Crippen LogP contribution in [0.2, 0.25) is 0 Å². The number of nitrogens with one attached hydrogen (secondary N) is 3. The van der Waals surface area contributed by atoms with Gasteiger partial charge in [-0.3, -0.25) is 9.89 Å². The third-order valence-corrected chi connectivity index (χ3v) is 3.84. The number of amides is 1. The van der Waals surface area contributed by atoms with Crippen molar-refractivity contribution in [2.45, 2.75) is 32.2 Å². The van der Waals surface area contributed by atoms with E-state index in [4.69, 9.17) is 0 Å². The van der Waals surface area contributed by atoms with Crippen LogP contribution < -0.4 is 10.6 Å². The SMILES string of the molecule is CC(C)c1cc(NC(=O)C2NCCc3ccccc32)n[nH]1. The molecule has 21 heavy (non-hydrogen) atoms. The van der Waals surface area contributed by atoms with Gasteiger partial charge in [-0.15, -0.1) is 0 Å². The Labute approximate surface area is 124 Å². The Morgan fingerprint density at radius 1 is 1.38 bits per heavy atom. The number of anilines is 1. The van der Waals surface area contributed by atoms with Gasteiger partial charge in [0, 0.05) is 18.3 Å². The summed E-state index contributed by atoms with van der Waals surface area (Å²) in [4.78, 5) is 12.5. The largest absolute Gasteiger partial charge is 0.308 e. The Morgan fingerprint density at radius 2 is 2.19 bits per heavy atom. The maximum atomic E-state index is 12.5. The molecule has 1 unspecified atom stereocenters. The first kappa shape index (κ1) is 13.8. The zero-order valence-corrected chi connectivity index (χ0v) is 12.3. The van der Waals surface area contributed by atoms with Gasteiger partial charge in [-0.25, -0.2) is 0 Å². The van der Waals surface area contributed by atoms with E-state index in [2.05, 4.69) is 40.7 Å². The maximum absolute atomic E-state index is 12.5. The first-order valence-electron chi connectivity index (χ1n) is 7.32. The van der Waals surface area contributed by atoms with Crippen LogP contribution in [0.5, 0.6) is 0 Å². The van der Waals surface area contributed by atoms with E-state index in [1.165, 1.54) is 5.56 Å². The van der Waals surface area contributed by atoms with Crippen molar-refractivity contribution in [2.75, 3.05) is 11.9 Å². The molecule has 0 saturated carbocycles. The van der Waals surface area contributed by atoms with Gasteiger partial charge in [0.2, 0.25) is 5.91 Å². The number of rotatable bonds is 3. The van der Waals surface area contributed by atoms with Crippen molar-refractivity contribution in [3.8, 4) is 0 Å². The molecule has 1 aliphatic heterocycles. The lowest BCUT2D eigenvalue weighted by Gasteiger charge is -2.25. The van der Waals surface area contributed by atoms with Crippen molar-refractivity contribution in [2.24, 2.45) is 0 Å². The second-order valence-electron chi connectivity index (χ2n) is 5.69. The fourth-order valence-corrected chi connectivity index (χ4v) is 2.63. The molecule has 1 atom stereocenters. The van der Waals surface area contributed by atoms with E-state index < -0.39 is 0 Å². The van der Waals surface area contributed by atoms with Crippen molar-refractivity contribution in [3.05, 3.63) is 47.2 Å². The van der Waals surface area contributed by atoms with Gasteiger partial charge in [-0.05, 0) is 23.5 Å². The average Bonchev–Trinajstić information content (AvgIpc) is 2.95. The topological polar surface area (TPSA) is 69.8 Å². The summed E-state index contributed by atoms with van der Waals surface area (Å²) < 4.78 is 0. The average molecular weight is 284 g/mol. The number of carbonyl (C=O) groups excluding carboxylic acids is 1. The molecule has 0 saturated heterocycles. The molecule has 0 spiro atoms. The minimum absolute atomic E-state index is 0.0658. The Morgan fingerprint density at radius 3 is 2.95 bits per heavy atom. The van der Waals surface area contributed by atoms with Crippen LogP contribution in [0.1, 0.15) is 42.6 Å². The van der Waals surface area contributed by atoms with Crippen LogP contribution in [0.25, 0.3) is 0 Å². The molecule has 1 aromatic heterocycles. The van der Waals surface area contributed by atoms with Gasteiger partial charge in [0.1, 0.15) is 6.04 Å². The molecule has 0 radical (unpaired) electrons. The molecule has 110 valence electrons. The monoisotopic (exact) mass is 284 g/mol. The quantitative estimate of drug-likeness (QED) is 0.810. The van der Waals surface area contributed by atoms with Crippen molar-refractivity contribution in [1.82, 2.24) is 15.5 Å². The molecule has 2 aromatic rings. The minimum Gasteiger partial charge on any atom is -0.308 e. The van der Waals surface area contributed by atoms with Crippen LogP contribution >= 0.6 is 0 Å². The molecule has 0 fully saturated rings. The Bertz CT molecular complexity index is 647. The Balaban J connectivity index is 1.77. The summed E-state index contributed by atoms with van der Waals surface area (Å²) in [6.07, 6.45) is 0.958. The highest BCUT2D eigenvalue weighted by Crippen LogP contribution is 2.24. The number of benzene rings is 1. The second kappa shape index (κ2) is 5.69. The molecule has 1 amide bonds. The molecule has 2 heterocycles. The van der Waals surface area contributed by atoms with Gasteiger partial charge < -0.3 is 10.6 Å². The predicted molar refractivity (Wildman–Crippen MR) is 82.2 cm³/mol. The highest BCUT2D eigenvalue weighted by atomic mass is 16.2. The summed E-state index contributed by atoms with van der Waals surface area (Å²) in [5.41, 5.74) is 3.31. The Hall–Kier alpha value is -2.14. The second-order valence-corrected chi connectivity index (χ2v) is 5.69. The molecule has 3 N–H and O–H groups in total. The lowest BCUT2D eigenvalue weighted by molar-refractivity contribution is -0.118. The van der Waals surface area contributed by atoms with E-state index in [0.29, 0.717) is 11.7 Å². The van der Waals surface area contributed by atoms with E-state index in [-0.39, 0.29) is 11.9 Å². The van der Waals surface area contributed by atoms with Crippen LogP contribution in [-0.4, -0.2) is 22.6 Å². The summed E-state index contributed by atoms with van der Waals surface area (Å²) in [5, 5.41) is 13.2. The van der Waals surface area contributed by atoms with Crippen LogP contribution in [0.3, 0.4) is 0 Å². The maximum Gasteiger partial charge on any atom is 0.247 e. The normalized spacial score (nSPS) is 17.6. The number of hydrogen-bond donors (Lipinski definition) is 3. The fourth-order valence-electron chi connectivity index (χ4n) is 2.63. The molecular formula is C16H20N4O. The molecule has 3 rings (SSSR count). The number of carbonyl (C=O) groups is 1. The minimum atomic E-state index is -0.311. The van der Waals surface area contributed by atoms with Crippen molar-refractivity contribution in [3.63, 3.8) is 0 Å². The first-order chi connectivity index (χ1) is 10.1. The highest BCUT2D eigenvalue weighted by molar-refractivity contribution is 5.95. The van der Waals surface area contributed by atoms with Crippen molar-refractivity contribution >= 4 is 11.7 Å². The summed E-state index contributed by atoms with van der Waals surface area (Å²) >= 11 is 0. The van der Waals surface area contributed by atoms with Gasteiger partial charge in [-0.1, -0.05) is 38.1 Å². The van der Waals surface area contributed by atoms with E-state index >= 15 is 0 Å². The molecule has 0 aliphatic carbocycles. The van der Waals surface area contributed by atoms with Gasteiger partial charge in [0.15, 0.2) is 5.82 Å². The predicted octanol–water partition coefficient (Wildman–Crippen LogP) is 2.36. The van der Waals surface area contributed by atoms with Gasteiger partial charge in [0.25, 0.3) is 0 Å².